The van der Waals surface area contributed by atoms with Crippen molar-refractivity contribution in [3.63, 3.8) is 0 Å². The molecule has 2 N–H and O–H groups in total. The van der Waals surface area contributed by atoms with Crippen LogP contribution in [0.15, 0.2) is 29.4 Å². The second kappa shape index (κ2) is 9.04. The third kappa shape index (κ3) is 4.84. The molecule has 0 aliphatic carbocycles. The number of nitrogens with zero attached hydrogens (tertiary/aromatic N) is 4. The molecule has 29 heavy (non-hydrogen) atoms. The number of ether oxygens (including phenoxy) is 1. The number of sulfone groups is 1. The smallest absolute Gasteiger partial charge is 0.233 e. The number of aromatic nitrogens is 3. The summed E-state index contributed by atoms with van der Waals surface area (Å²) in [7, 11) is -1.49. The third-order valence-corrected chi connectivity index (χ3v) is 7.45. The van der Waals surface area contributed by atoms with Crippen LogP contribution in [0.2, 0.25) is 0 Å². The summed E-state index contributed by atoms with van der Waals surface area (Å²) in [6.45, 7) is 2.49. The fraction of sp³-hybridized carbons (Fsp3) is 0.500. The first kappa shape index (κ1) is 21.4. The van der Waals surface area contributed by atoms with E-state index in [0.717, 1.165) is 6.42 Å². The number of carbonyl (C=O) groups is 1. The number of thioether (sulfide) groups is 1. The SMILES string of the molecule is CCCN(C(=O)CSc1nnc(-c2ccccc2OC)n1N)[C@@H]1CCS(=O)(=O)C1. The first-order valence-corrected chi connectivity index (χ1v) is 12.1. The van der Waals surface area contributed by atoms with Gasteiger partial charge in [-0.15, -0.1) is 10.2 Å². The van der Waals surface area contributed by atoms with Crippen molar-refractivity contribution in [2.24, 2.45) is 0 Å². The zero-order valence-corrected chi connectivity index (χ0v) is 18.1. The minimum absolute atomic E-state index is 0.0361. The predicted molar refractivity (Wildman–Crippen MR) is 112 cm³/mol. The molecule has 0 bridgehead atoms. The lowest BCUT2D eigenvalue weighted by atomic mass is 10.2. The maximum atomic E-state index is 12.8. The maximum absolute atomic E-state index is 12.8. The number of carbonyl (C=O) groups excluding carboxylic acids is 1. The Bertz CT molecular complexity index is 976. The predicted octanol–water partition coefficient (Wildman–Crippen LogP) is 1.19. The average Bonchev–Trinajstić information content (AvgIpc) is 3.25. The number of benzene rings is 1. The molecular formula is C18H25N5O4S2. The van der Waals surface area contributed by atoms with E-state index in [2.05, 4.69) is 10.2 Å². The van der Waals surface area contributed by atoms with Crippen molar-refractivity contribution >= 4 is 27.5 Å². The number of para-hydroxylation sites is 1. The van der Waals surface area contributed by atoms with E-state index in [-0.39, 0.29) is 29.2 Å². The highest BCUT2D eigenvalue weighted by molar-refractivity contribution is 7.99. The zero-order valence-electron chi connectivity index (χ0n) is 16.4. The first-order chi connectivity index (χ1) is 13.9. The second-order valence-electron chi connectivity index (χ2n) is 6.81. The molecular weight excluding hydrogens is 414 g/mol. The highest BCUT2D eigenvalue weighted by Crippen LogP contribution is 2.29. The van der Waals surface area contributed by atoms with Gasteiger partial charge in [-0.25, -0.2) is 13.1 Å². The van der Waals surface area contributed by atoms with Crippen LogP contribution < -0.4 is 10.6 Å². The van der Waals surface area contributed by atoms with Gasteiger partial charge in [-0.2, -0.15) is 0 Å². The molecule has 0 unspecified atom stereocenters. The van der Waals surface area contributed by atoms with Gasteiger partial charge in [-0.1, -0.05) is 30.8 Å². The fourth-order valence-electron chi connectivity index (χ4n) is 3.37. The molecule has 1 saturated heterocycles. The highest BCUT2D eigenvalue weighted by Gasteiger charge is 2.34. The Balaban J connectivity index is 1.71. The minimum atomic E-state index is -3.06. The Hall–Kier alpha value is -2.27. The number of hydrogen-bond acceptors (Lipinski definition) is 8. The van der Waals surface area contributed by atoms with Crippen LogP contribution in [0.3, 0.4) is 0 Å². The maximum Gasteiger partial charge on any atom is 0.233 e. The van der Waals surface area contributed by atoms with Crippen molar-refractivity contribution < 1.29 is 17.9 Å². The Labute approximate surface area is 174 Å². The van der Waals surface area contributed by atoms with Crippen molar-refractivity contribution in [1.29, 1.82) is 0 Å². The van der Waals surface area contributed by atoms with Gasteiger partial charge < -0.3 is 15.5 Å². The lowest BCUT2D eigenvalue weighted by Crippen LogP contribution is -2.42. The molecule has 3 rings (SSSR count). The van der Waals surface area contributed by atoms with Gasteiger partial charge in [0.25, 0.3) is 0 Å². The van der Waals surface area contributed by atoms with Crippen molar-refractivity contribution in [1.82, 2.24) is 19.8 Å². The number of nitrogens with two attached hydrogens (primary N) is 1. The van der Waals surface area contributed by atoms with Gasteiger partial charge in [0, 0.05) is 12.6 Å². The van der Waals surface area contributed by atoms with E-state index in [4.69, 9.17) is 10.6 Å². The molecule has 0 saturated carbocycles. The fourth-order valence-corrected chi connectivity index (χ4v) is 5.84. The summed E-state index contributed by atoms with van der Waals surface area (Å²) >= 11 is 1.18. The van der Waals surface area contributed by atoms with E-state index < -0.39 is 9.84 Å². The highest BCUT2D eigenvalue weighted by atomic mass is 32.2. The van der Waals surface area contributed by atoms with Crippen LogP contribution in [0.1, 0.15) is 19.8 Å². The van der Waals surface area contributed by atoms with Crippen molar-refractivity contribution in [2.45, 2.75) is 31.0 Å². The largest absolute Gasteiger partial charge is 0.496 e. The van der Waals surface area contributed by atoms with Gasteiger partial charge in [0.2, 0.25) is 11.1 Å². The standard InChI is InChI=1S/C18H25N5O4S2/c1-3-9-22(13-8-10-29(25,26)12-13)16(24)11-28-18-21-20-17(23(18)19)14-6-4-5-7-15(14)27-2/h4-7,13H,3,8-12,19H2,1-2H3/t13-/m1/s1. The summed E-state index contributed by atoms with van der Waals surface area (Å²) in [6.07, 6.45) is 1.25. The van der Waals surface area contributed by atoms with Crippen molar-refractivity contribution in [3.05, 3.63) is 24.3 Å². The second-order valence-corrected chi connectivity index (χ2v) is 9.98. The van der Waals surface area contributed by atoms with E-state index in [1.54, 1.807) is 18.1 Å². The molecule has 158 valence electrons. The van der Waals surface area contributed by atoms with Crippen LogP contribution in [-0.2, 0) is 14.6 Å². The normalized spacial score (nSPS) is 17.9. The minimum Gasteiger partial charge on any atom is -0.496 e. The number of amides is 1. The molecule has 1 atom stereocenters. The molecule has 1 fully saturated rings. The molecule has 1 aromatic heterocycles. The van der Waals surface area contributed by atoms with Gasteiger partial charge in [0.05, 0.1) is 29.9 Å². The summed E-state index contributed by atoms with van der Waals surface area (Å²) in [5.74, 6) is 7.36. The van der Waals surface area contributed by atoms with Crippen LogP contribution in [-0.4, -0.2) is 71.1 Å². The van der Waals surface area contributed by atoms with Gasteiger partial charge >= 0.3 is 0 Å². The number of nitrogen functional groups attached to an aromatic ring is 1. The van der Waals surface area contributed by atoms with Crippen LogP contribution >= 0.6 is 11.8 Å². The molecule has 0 radical (unpaired) electrons. The molecule has 2 heterocycles. The van der Waals surface area contributed by atoms with E-state index in [0.29, 0.717) is 35.3 Å². The zero-order chi connectivity index (χ0) is 21.0. The van der Waals surface area contributed by atoms with E-state index in [9.17, 15) is 13.2 Å². The average molecular weight is 440 g/mol. The van der Waals surface area contributed by atoms with Crippen LogP contribution in [0.5, 0.6) is 5.75 Å². The van der Waals surface area contributed by atoms with Crippen LogP contribution in [0.4, 0.5) is 0 Å². The van der Waals surface area contributed by atoms with Gasteiger partial charge in [0.15, 0.2) is 15.7 Å². The summed E-state index contributed by atoms with van der Waals surface area (Å²) in [4.78, 5) is 14.5. The monoisotopic (exact) mass is 439 g/mol. The molecule has 11 heteroatoms. The molecule has 1 aromatic carbocycles. The third-order valence-electron chi connectivity index (χ3n) is 4.77. The topological polar surface area (TPSA) is 120 Å². The van der Waals surface area contributed by atoms with E-state index in [1.165, 1.54) is 16.4 Å². The Morgan fingerprint density at radius 1 is 1.38 bits per heavy atom. The number of methoxy groups -OCH3 is 1. The van der Waals surface area contributed by atoms with Gasteiger partial charge in [-0.05, 0) is 25.0 Å². The van der Waals surface area contributed by atoms with Gasteiger partial charge in [-0.3, -0.25) is 4.79 Å². The Morgan fingerprint density at radius 3 is 2.79 bits per heavy atom. The number of hydrogen-bond donors (Lipinski definition) is 1. The summed E-state index contributed by atoms with van der Waals surface area (Å²) < 4.78 is 30.3. The molecule has 0 spiro atoms. The Morgan fingerprint density at radius 2 is 2.14 bits per heavy atom. The Kier molecular flexibility index (Phi) is 6.68. The lowest BCUT2D eigenvalue weighted by molar-refractivity contribution is -0.130. The summed E-state index contributed by atoms with van der Waals surface area (Å²) in [5, 5.41) is 8.63. The van der Waals surface area contributed by atoms with Crippen LogP contribution in [0, 0.1) is 0 Å². The molecule has 1 aliphatic rings. The molecule has 1 aliphatic heterocycles. The number of rotatable bonds is 8. The first-order valence-electron chi connectivity index (χ1n) is 9.33. The van der Waals surface area contributed by atoms with Gasteiger partial charge in [0.1, 0.15) is 5.75 Å². The van der Waals surface area contributed by atoms with Crippen molar-refractivity contribution in [2.75, 3.05) is 36.8 Å². The van der Waals surface area contributed by atoms with E-state index in [1.807, 2.05) is 25.1 Å². The quantitative estimate of drug-likeness (QED) is 0.481. The van der Waals surface area contributed by atoms with Crippen molar-refractivity contribution in [3.8, 4) is 17.1 Å². The molecule has 9 nitrogen and oxygen atoms in total. The summed E-state index contributed by atoms with van der Waals surface area (Å²) in [5.41, 5.74) is 0.701. The lowest BCUT2D eigenvalue weighted by Gasteiger charge is -2.27. The summed E-state index contributed by atoms with van der Waals surface area (Å²) in [6, 6.07) is 7.07. The van der Waals surface area contributed by atoms with Crippen LogP contribution in [0.25, 0.3) is 11.4 Å². The molecule has 1 amide bonds. The molecule has 2 aromatic rings. The van der Waals surface area contributed by atoms with E-state index >= 15 is 0 Å².